The highest BCUT2D eigenvalue weighted by atomic mass is 32.2. The van der Waals surface area contributed by atoms with E-state index >= 15 is 0 Å². The Hall–Kier alpha value is -2.39. The van der Waals surface area contributed by atoms with Crippen molar-refractivity contribution in [1.29, 1.82) is 0 Å². The van der Waals surface area contributed by atoms with Crippen LogP contribution in [0.1, 0.15) is 40.3 Å². The number of carbonyl (C=O) groups excluding carboxylic acids is 1. The van der Waals surface area contributed by atoms with Gasteiger partial charge >= 0.3 is 0 Å². The molecular formula is C16H21N5O3S. The zero-order valence-corrected chi connectivity index (χ0v) is 14.9. The van der Waals surface area contributed by atoms with Crippen molar-refractivity contribution < 1.29 is 13.2 Å². The maximum atomic E-state index is 12.6. The SMILES string of the molecule is CC(NC(=O)c1n[nH]c2c1CNCC2)c1ccccc1NS(C)(=O)=O. The number of carbonyl (C=O) groups is 1. The summed E-state index contributed by atoms with van der Waals surface area (Å²) in [4.78, 5) is 12.6. The Balaban J connectivity index is 1.80. The quantitative estimate of drug-likeness (QED) is 0.630. The number of nitrogens with one attached hydrogen (secondary N) is 4. The van der Waals surface area contributed by atoms with Gasteiger partial charge in [0.05, 0.1) is 18.0 Å². The molecule has 0 saturated heterocycles. The second kappa shape index (κ2) is 6.85. The Morgan fingerprint density at radius 3 is 2.84 bits per heavy atom. The molecule has 25 heavy (non-hydrogen) atoms. The normalized spacial score (nSPS) is 15.3. The zero-order chi connectivity index (χ0) is 18.0. The van der Waals surface area contributed by atoms with E-state index in [0.717, 1.165) is 30.5 Å². The molecule has 8 nitrogen and oxygen atoms in total. The molecule has 0 saturated carbocycles. The number of anilines is 1. The number of para-hydroxylation sites is 1. The molecular weight excluding hydrogens is 342 g/mol. The van der Waals surface area contributed by atoms with E-state index in [9.17, 15) is 13.2 Å². The van der Waals surface area contributed by atoms with Gasteiger partial charge in [0.15, 0.2) is 5.69 Å². The van der Waals surface area contributed by atoms with Crippen LogP contribution in [0.3, 0.4) is 0 Å². The molecule has 9 heteroatoms. The second-order valence-electron chi connectivity index (χ2n) is 6.11. The van der Waals surface area contributed by atoms with Crippen molar-refractivity contribution in [3.63, 3.8) is 0 Å². The minimum Gasteiger partial charge on any atom is -0.344 e. The van der Waals surface area contributed by atoms with Gasteiger partial charge in [0.1, 0.15) is 0 Å². The van der Waals surface area contributed by atoms with Crippen LogP contribution >= 0.6 is 0 Å². The molecule has 3 rings (SSSR count). The lowest BCUT2D eigenvalue weighted by atomic mass is 10.0. The number of H-pyrrole nitrogens is 1. The fourth-order valence-corrected chi connectivity index (χ4v) is 3.51. The highest BCUT2D eigenvalue weighted by molar-refractivity contribution is 7.92. The van der Waals surface area contributed by atoms with Crippen molar-refractivity contribution in [2.45, 2.75) is 25.9 Å². The van der Waals surface area contributed by atoms with Crippen LogP contribution in [0.15, 0.2) is 24.3 Å². The van der Waals surface area contributed by atoms with Gasteiger partial charge in [-0.2, -0.15) is 5.10 Å². The van der Waals surface area contributed by atoms with Crippen LogP contribution < -0.4 is 15.4 Å². The number of amides is 1. The molecule has 0 radical (unpaired) electrons. The smallest absolute Gasteiger partial charge is 0.272 e. The first-order valence-electron chi connectivity index (χ1n) is 7.99. The Morgan fingerprint density at radius 1 is 1.32 bits per heavy atom. The molecule has 0 aliphatic carbocycles. The number of benzene rings is 1. The lowest BCUT2D eigenvalue weighted by Gasteiger charge is -2.19. The number of rotatable bonds is 5. The summed E-state index contributed by atoms with van der Waals surface area (Å²) in [5.41, 5.74) is 3.38. The van der Waals surface area contributed by atoms with Crippen LogP contribution in [0.25, 0.3) is 0 Å². The van der Waals surface area contributed by atoms with E-state index in [4.69, 9.17) is 0 Å². The summed E-state index contributed by atoms with van der Waals surface area (Å²) < 4.78 is 25.5. The van der Waals surface area contributed by atoms with Gasteiger partial charge in [-0.25, -0.2) is 8.42 Å². The lowest BCUT2D eigenvalue weighted by molar-refractivity contribution is 0.0933. The Morgan fingerprint density at radius 2 is 2.08 bits per heavy atom. The second-order valence-corrected chi connectivity index (χ2v) is 7.86. The number of aromatic amines is 1. The summed E-state index contributed by atoms with van der Waals surface area (Å²) in [5, 5.41) is 13.2. The van der Waals surface area contributed by atoms with Crippen molar-refractivity contribution in [3.05, 3.63) is 46.8 Å². The van der Waals surface area contributed by atoms with Gasteiger partial charge < -0.3 is 10.6 Å². The summed E-state index contributed by atoms with van der Waals surface area (Å²) in [6, 6.07) is 6.59. The van der Waals surface area contributed by atoms with Gasteiger partial charge in [-0.05, 0) is 18.6 Å². The molecule has 0 fully saturated rings. The van der Waals surface area contributed by atoms with Crippen LogP contribution in [0, 0.1) is 0 Å². The van der Waals surface area contributed by atoms with Crippen LogP contribution in [-0.4, -0.2) is 37.3 Å². The molecule has 2 aromatic rings. The lowest BCUT2D eigenvalue weighted by Crippen LogP contribution is -2.30. The van der Waals surface area contributed by atoms with Crippen molar-refractivity contribution in [2.75, 3.05) is 17.5 Å². The van der Waals surface area contributed by atoms with Crippen molar-refractivity contribution in [2.24, 2.45) is 0 Å². The van der Waals surface area contributed by atoms with E-state index in [1.807, 2.05) is 0 Å². The maximum absolute atomic E-state index is 12.6. The predicted octanol–water partition coefficient (Wildman–Crippen LogP) is 0.918. The van der Waals surface area contributed by atoms with Crippen molar-refractivity contribution in [1.82, 2.24) is 20.8 Å². The van der Waals surface area contributed by atoms with E-state index in [1.54, 1.807) is 31.2 Å². The number of aromatic nitrogens is 2. The van der Waals surface area contributed by atoms with E-state index < -0.39 is 10.0 Å². The molecule has 2 heterocycles. The molecule has 1 amide bonds. The molecule has 1 unspecified atom stereocenters. The Kier molecular flexibility index (Phi) is 4.78. The molecule has 0 spiro atoms. The number of hydrogen-bond donors (Lipinski definition) is 4. The third-order valence-electron chi connectivity index (χ3n) is 4.09. The number of hydrogen-bond acceptors (Lipinski definition) is 5. The Labute approximate surface area is 146 Å². The van der Waals surface area contributed by atoms with E-state index in [1.165, 1.54) is 0 Å². The van der Waals surface area contributed by atoms with E-state index in [0.29, 0.717) is 23.5 Å². The average Bonchev–Trinajstić information content (AvgIpc) is 2.98. The molecule has 1 aromatic heterocycles. The topological polar surface area (TPSA) is 116 Å². The summed E-state index contributed by atoms with van der Waals surface area (Å²) in [7, 11) is -3.41. The van der Waals surface area contributed by atoms with Crippen LogP contribution in [0.4, 0.5) is 5.69 Å². The summed E-state index contributed by atoms with van der Waals surface area (Å²) in [5.74, 6) is -0.289. The van der Waals surface area contributed by atoms with Gasteiger partial charge in [0.2, 0.25) is 10.0 Å². The van der Waals surface area contributed by atoms with E-state index in [2.05, 4.69) is 25.6 Å². The molecule has 1 aromatic carbocycles. The maximum Gasteiger partial charge on any atom is 0.272 e. The van der Waals surface area contributed by atoms with Crippen LogP contribution in [0.5, 0.6) is 0 Å². The summed E-state index contributed by atoms with van der Waals surface area (Å²) >= 11 is 0. The highest BCUT2D eigenvalue weighted by Crippen LogP contribution is 2.24. The molecule has 1 aliphatic rings. The first-order valence-corrected chi connectivity index (χ1v) is 9.88. The summed E-state index contributed by atoms with van der Waals surface area (Å²) in [6.07, 6.45) is 1.91. The molecule has 1 aliphatic heterocycles. The van der Waals surface area contributed by atoms with Crippen molar-refractivity contribution in [3.8, 4) is 0 Å². The molecule has 0 bridgehead atoms. The molecule has 1 atom stereocenters. The minimum absolute atomic E-state index is 0.289. The number of sulfonamides is 1. The van der Waals surface area contributed by atoms with Gasteiger partial charge in [-0.1, -0.05) is 18.2 Å². The first kappa shape index (κ1) is 17.4. The van der Waals surface area contributed by atoms with Crippen LogP contribution in [-0.2, 0) is 23.0 Å². The predicted molar refractivity (Wildman–Crippen MR) is 94.8 cm³/mol. The molecule has 134 valence electrons. The molecule has 4 N–H and O–H groups in total. The fourth-order valence-electron chi connectivity index (χ4n) is 2.92. The first-order chi connectivity index (χ1) is 11.8. The van der Waals surface area contributed by atoms with Crippen molar-refractivity contribution >= 4 is 21.6 Å². The number of fused-ring (bicyclic) bond motifs is 1. The van der Waals surface area contributed by atoms with E-state index in [-0.39, 0.29) is 11.9 Å². The summed E-state index contributed by atoms with van der Waals surface area (Å²) in [6.45, 7) is 3.27. The van der Waals surface area contributed by atoms with Gasteiger partial charge in [-0.15, -0.1) is 0 Å². The third-order valence-corrected chi connectivity index (χ3v) is 4.68. The highest BCUT2D eigenvalue weighted by Gasteiger charge is 2.23. The monoisotopic (exact) mass is 363 g/mol. The third kappa shape index (κ3) is 3.99. The Bertz CT molecular complexity index is 891. The minimum atomic E-state index is -3.41. The average molecular weight is 363 g/mol. The van der Waals surface area contributed by atoms with Gasteiger partial charge in [0, 0.05) is 30.8 Å². The van der Waals surface area contributed by atoms with Gasteiger partial charge in [0.25, 0.3) is 5.91 Å². The standard InChI is InChI=1S/C16H21N5O3S/c1-10(11-5-3-4-6-14(11)21-25(2,23)24)18-16(22)15-12-9-17-8-7-13(12)19-20-15/h3-6,10,17,21H,7-9H2,1-2H3,(H,18,22)(H,19,20). The number of nitrogens with zero attached hydrogens (tertiary/aromatic N) is 1. The van der Waals surface area contributed by atoms with Crippen LogP contribution in [0.2, 0.25) is 0 Å². The fraction of sp³-hybridized carbons (Fsp3) is 0.375. The zero-order valence-electron chi connectivity index (χ0n) is 14.1. The van der Waals surface area contributed by atoms with Gasteiger partial charge in [-0.3, -0.25) is 14.6 Å². The largest absolute Gasteiger partial charge is 0.344 e.